The Bertz CT molecular complexity index is 442. The van der Waals surface area contributed by atoms with Crippen LogP contribution in [0.5, 0.6) is 0 Å². The Morgan fingerprint density at radius 1 is 1.35 bits per heavy atom. The summed E-state index contributed by atoms with van der Waals surface area (Å²) < 4.78 is 11.2. The topological polar surface area (TPSA) is 35.5 Å². The number of benzene rings is 1. The van der Waals surface area contributed by atoms with Gasteiger partial charge >= 0.3 is 5.97 Å². The van der Waals surface area contributed by atoms with Crippen molar-refractivity contribution in [3.8, 4) is 0 Å². The number of hydrogen-bond acceptors (Lipinski definition) is 3. The molecule has 0 spiro atoms. The molecule has 0 saturated carbocycles. The number of unbranched alkanes of at least 4 members (excludes halogenated alkanes) is 1. The first-order valence-corrected chi connectivity index (χ1v) is 7.63. The monoisotopic (exact) mass is 276 g/mol. The quantitative estimate of drug-likeness (QED) is 0.741. The summed E-state index contributed by atoms with van der Waals surface area (Å²) in [6.45, 7) is 4.44. The van der Waals surface area contributed by atoms with Gasteiger partial charge in [-0.1, -0.05) is 44.0 Å². The van der Waals surface area contributed by atoms with Gasteiger partial charge < -0.3 is 9.47 Å². The van der Waals surface area contributed by atoms with E-state index < -0.39 is 0 Å². The molecule has 0 amide bonds. The molecule has 2 rings (SSSR count). The van der Waals surface area contributed by atoms with Crippen molar-refractivity contribution < 1.29 is 14.3 Å². The van der Waals surface area contributed by atoms with Crippen LogP contribution in [-0.4, -0.2) is 18.7 Å². The minimum atomic E-state index is -0.177. The van der Waals surface area contributed by atoms with Gasteiger partial charge in [0.2, 0.25) is 0 Å². The first-order chi connectivity index (χ1) is 9.74. The minimum absolute atomic E-state index is 0.152. The van der Waals surface area contributed by atoms with Crippen molar-refractivity contribution >= 4 is 5.97 Å². The summed E-state index contributed by atoms with van der Waals surface area (Å²) in [4.78, 5) is 11.7. The smallest absolute Gasteiger partial charge is 0.308 e. The van der Waals surface area contributed by atoms with Crippen LogP contribution < -0.4 is 0 Å². The molecule has 0 bridgehead atoms. The van der Waals surface area contributed by atoms with Gasteiger partial charge in [-0.2, -0.15) is 0 Å². The van der Waals surface area contributed by atoms with Crippen molar-refractivity contribution in [2.24, 2.45) is 0 Å². The van der Waals surface area contributed by atoms with E-state index in [1.807, 2.05) is 13.0 Å². The lowest BCUT2D eigenvalue weighted by Gasteiger charge is -2.32. The average Bonchev–Trinajstić information content (AvgIpc) is 2.45. The summed E-state index contributed by atoms with van der Waals surface area (Å²) in [7, 11) is 0. The summed E-state index contributed by atoms with van der Waals surface area (Å²) >= 11 is 0. The van der Waals surface area contributed by atoms with Crippen LogP contribution in [0, 0.1) is 0 Å². The summed E-state index contributed by atoms with van der Waals surface area (Å²) in [6, 6.07) is 8.28. The Morgan fingerprint density at radius 3 is 2.90 bits per heavy atom. The second kappa shape index (κ2) is 7.44. The predicted octanol–water partition coefficient (Wildman–Crippen LogP) is 3.81. The first kappa shape index (κ1) is 15.0. The maximum Gasteiger partial charge on any atom is 0.308 e. The van der Waals surface area contributed by atoms with Gasteiger partial charge in [-0.15, -0.1) is 0 Å². The van der Waals surface area contributed by atoms with E-state index in [-0.39, 0.29) is 18.2 Å². The fourth-order valence-electron chi connectivity index (χ4n) is 2.76. The molecule has 3 nitrogen and oxygen atoms in total. The third kappa shape index (κ3) is 3.83. The van der Waals surface area contributed by atoms with Gasteiger partial charge in [0, 0.05) is 0 Å². The molecule has 0 N–H and O–H groups in total. The molecule has 1 aromatic rings. The number of hydrogen-bond donors (Lipinski definition) is 0. The van der Waals surface area contributed by atoms with Gasteiger partial charge in [0.1, 0.15) is 0 Å². The van der Waals surface area contributed by atoms with Gasteiger partial charge in [-0.3, -0.25) is 4.79 Å². The van der Waals surface area contributed by atoms with Gasteiger partial charge in [-0.05, 0) is 30.9 Å². The Balaban J connectivity index is 2.10. The normalized spacial score (nSPS) is 21.3. The first-order valence-electron chi connectivity index (χ1n) is 7.63. The number of ether oxygens (including phenoxy) is 2. The fraction of sp³-hybridized carbons (Fsp3) is 0.588. The number of rotatable bonds is 6. The van der Waals surface area contributed by atoms with Crippen LogP contribution in [0.2, 0.25) is 0 Å². The predicted molar refractivity (Wildman–Crippen MR) is 78.5 cm³/mol. The largest absolute Gasteiger partial charge is 0.466 e. The van der Waals surface area contributed by atoms with Crippen LogP contribution in [0.15, 0.2) is 24.3 Å². The number of carbonyl (C=O) groups is 1. The highest BCUT2D eigenvalue weighted by Crippen LogP contribution is 2.34. The van der Waals surface area contributed by atoms with Crippen LogP contribution in [0.1, 0.15) is 56.8 Å². The Labute approximate surface area is 121 Å². The summed E-state index contributed by atoms with van der Waals surface area (Å²) in [5, 5.41) is 0. The lowest BCUT2D eigenvalue weighted by atomic mass is 9.91. The van der Waals surface area contributed by atoms with Crippen molar-refractivity contribution in [2.45, 2.75) is 58.2 Å². The van der Waals surface area contributed by atoms with E-state index in [9.17, 15) is 4.79 Å². The second-order valence-corrected chi connectivity index (χ2v) is 5.30. The molecule has 0 aromatic heterocycles. The summed E-state index contributed by atoms with van der Waals surface area (Å²) in [5.41, 5.74) is 2.46. The molecule has 20 heavy (non-hydrogen) atoms. The number of fused-ring (bicyclic) bond motifs is 1. The third-order valence-electron chi connectivity index (χ3n) is 3.74. The fourth-order valence-corrected chi connectivity index (χ4v) is 2.76. The zero-order valence-electron chi connectivity index (χ0n) is 12.4. The van der Waals surface area contributed by atoms with Crippen LogP contribution >= 0.6 is 0 Å². The molecule has 1 aliphatic rings. The molecule has 1 heterocycles. The molecule has 110 valence electrons. The van der Waals surface area contributed by atoms with Crippen molar-refractivity contribution in [1.29, 1.82) is 0 Å². The lowest BCUT2D eigenvalue weighted by Crippen LogP contribution is -2.28. The Morgan fingerprint density at radius 2 is 2.15 bits per heavy atom. The molecular formula is C17H24O3. The standard InChI is InChI=1S/C17H24O3/c1-3-5-9-14-11-13-8-6-7-10-15(13)16(20-14)12-17(18)19-4-2/h6-8,10,14,16H,3-5,9,11-12H2,1-2H3/t14-,16+/m0/s1. The molecule has 3 heteroatoms. The molecule has 0 saturated heterocycles. The Hall–Kier alpha value is -1.35. The zero-order valence-corrected chi connectivity index (χ0v) is 12.4. The van der Waals surface area contributed by atoms with Crippen molar-refractivity contribution in [1.82, 2.24) is 0 Å². The van der Waals surface area contributed by atoms with Gasteiger partial charge in [0.25, 0.3) is 0 Å². The molecule has 0 unspecified atom stereocenters. The lowest BCUT2D eigenvalue weighted by molar-refractivity contribution is -0.148. The molecule has 0 aliphatic carbocycles. The highest BCUT2D eigenvalue weighted by molar-refractivity contribution is 5.70. The molecule has 0 radical (unpaired) electrons. The van der Waals surface area contributed by atoms with Crippen molar-refractivity contribution in [3.63, 3.8) is 0 Å². The maximum absolute atomic E-state index is 11.7. The van der Waals surface area contributed by atoms with Crippen LogP contribution in [0.25, 0.3) is 0 Å². The third-order valence-corrected chi connectivity index (χ3v) is 3.74. The second-order valence-electron chi connectivity index (χ2n) is 5.30. The molecule has 2 atom stereocenters. The Kier molecular flexibility index (Phi) is 5.60. The highest BCUT2D eigenvalue weighted by Gasteiger charge is 2.28. The van der Waals surface area contributed by atoms with E-state index >= 15 is 0 Å². The van der Waals surface area contributed by atoms with Crippen molar-refractivity contribution in [2.75, 3.05) is 6.61 Å². The van der Waals surface area contributed by atoms with E-state index in [2.05, 4.69) is 25.1 Å². The zero-order chi connectivity index (χ0) is 14.4. The molecule has 1 aliphatic heterocycles. The van der Waals surface area contributed by atoms with E-state index in [1.54, 1.807) is 0 Å². The average molecular weight is 276 g/mol. The SMILES string of the molecule is CCCC[C@H]1Cc2ccccc2[C@@H](CC(=O)OCC)O1. The van der Waals surface area contributed by atoms with E-state index in [4.69, 9.17) is 9.47 Å². The van der Waals surface area contributed by atoms with Gasteiger partial charge in [0.15, 0.2) is 0 Å². The van der Waals surface area contributed by atoms with Gasteiger partial charge in [0.05, 0.1) is 25.2 Å². The van der Waals surface area contributed by atoms with Crippen molar-refractivity contribution in [3.05, 3.63) is 35.4 Å². The van der Waals surface area contributed by atoms with Crippen LogP contribution in [-0.2, 0) is 20.7 Å². The highest BCUT2D eigenvalue weighted by atomic mass is 16.5. The molecular weight excluding hydrogens is 252 g/mol. The van der Waals surface area contributed by atoms with Crippen LogP contribution in [0.3, 0.4) is 0 Å². The van der Waals surface area contributed by atoms with E-state index in [0.717, 1.165) is 18.4 Å². The van der Waals surface area contributed by atoms with Crippen LogP contribution in [0.4, 0.5) is 0 Å². The molecule has 1 aromatic carbocycles. The van der Waals surface area contributed by atoms with E-state index in [0.29, 0.717) is 13.0 Å². The summed E-state index contributed by atoms with van der Waals surface area (Å²) in [5.74, 6) is -0.177. The molecule has 0 fully saturated rings. The minimum Gasteiger partial charge on any atom is -0.466 e. The maximum atomic E-state index is 11.7. The van der Waals surface area contributed by atoms with Gasteiger partial charge in [-0.25, -0.2) is 0 Å². The number of carbonyl (C=O) groups excluding carboxylic acids is 1. The number of esters is 1. The van der Waals surface area contributed by atoms with E-state index in [1.165, 1.54) is 18.4 Å². The summed E-state index contributed by atoms with van der Waals surface area (Å²) in [6.07, 6.45) is 4.74.